The molecular formula is C24H25ClN2O4. The average Bonchev–Trinajstić information content (AvgIpc) is 3.01. The summed E-state index contributed by atoms with van der Waals surface area (Å²) in [6.45, 7) is 5.44. The van der Waals surface area contributed by atoms with Gasteiger partial charge in [-0.2, -0.15) is 0 Å². The van der Waals surface area contributed by atoms with Crippen molar-refractivity contribution in [2.45, 2.75) is 19.9 Å². The third-order valence-electron chi connectivity index (χ3n) is 5.54. The molecule has 2 aromatic carbocycles. The van der Waals surface area contributed by atoms with Crippen LogP contribution in [0.1, 0.15) is 40.2 Å². The molecule has 1 aromatic heterocycles. The molecule has 0 spiro atoms. The van der Waals surface area contributed by atoms with Gasteiger partial charge < -0.3 is 19.0 Å². The summed E-state index contributed by atoms with van der Waals surface area (Å²) >= 11 is 6.28. The van der Waals surface area contributed by atoms with Gasteiger partial charge in [-0.3, -0.25) is 9.59 Å². The normalized spacial score (nSPS) is 15.7. The number of carbonyl (C=O) groups excluding carboxylic acids is 1. The summed E-state index contributed by atoms with van der Waals surface area (Å²) in [6, 6.07) is 10.3. The Hall–Kier alpha value is -2.83. The molecule has 31 heavy (non-hydrogen) atoms. The molecule has 0 N–H and O–H groups in total. The topological polar surface area (TPSA) is 63.0 Å². The van der Waals surface area contributed by atoms with Gasteiger partial charge in [-0.15, -0.1) is 0 Å². The number of hydrogen-bond acceptors (Lipinski definition) is 5. The Morgan fingerprint density at radius 2 is 1.87 bits per heavy atom. The monoisotopic (exact) mass is 440 g/mol. The van der Waals surface area contributed by atoms with E-state index in [4.69, 9.17) is 20.8 Å². The third kappa shape index (κ3) is 3.82. The zero-order valence-corrected chi connectivity index (χ0v) is 18.8. The summed E-state index contributed by atoms with van der Waals surface area (Å²) in [5, 5.41) is 0.874. The largest absolute Gasteiger partial charge is 0.494 e. The lowest BCUT2D eigenvalue weighted by molar-refractivity contribution is 0.0716. The molecule has 1 aliphatic rings. The van der Waals surface area contributed by atoms with E-state index in [2.05, 4.69) is 0 Å². The van der Waals surface area contributed by atoms with Gasteiger partial charge in [0.1, 0.15) is 11.3 Å². The number of amides is 1. The van der Waals surface area contributed by atoms with Gasteiger partial charge in [-0.1, -0.05) is 23.7 Å². The maximum atomic E-state index is 13.5. The van der Waals surface area contributed by atoms with E-state index in [1.54, 1.807) is 17.0 Å². The highest BCUT2D eigenvalue weighted by Gasteiger charge is 2.42. The molecule has 0 bridgehead atoms. The van der Waals surface area contributed by atoms with Crippen LogP contribution in [0.15, 0.2) is 45.6 Å². The molecule has 7 heteroatoms. The predicted molar refractivity (Wildman–Crippen MR) is 121 cm³/mol. The first kappa shape index (κ1) is 21.4. The van der Waals surface area contributed by atoms with Crippen molar-refractivity contribution in [2.75, 3.05) is 33.8 Å². The Morgan fingerprint density at radius 3 is 2.52 bits per heavy atom. The quantitative estimate of drug-likeness (QED) is 0.573. The van der Waals surface area contributed by atoms with Crippen LogP contribution in [0.4, 0.5) is 0 Å². The number of ether oxygens (including phenoxy) is 1. The molecule has 0 fully saturated rings. The number of fused-ring (bicyclic) bond motifs is 2. The van der Waals surface area contributed by atoms with E-state index in [1.165, 1.54) is 0 Å². The zero-order valence-electron chi connectivity index (χ0n) is 18.1. The summed E-state index contributed by atoms with van der Waals surface area (Å²) in [4.78, 5) is 30.6. The Balaban J connectivity index is 1.90. The molecule has 0 aliphatic carbocycles. The van der Waals surface area contributed by atoms with E-state index < -0.39 is 6.04 Å². The first-order valence-corrected chi connectivity index (χ1v) is 10.6. The second-order valence-electron chi connectivity index (χ2n) is 7.98. The minimum Gasteiger partial charge on any atom is -0.494 e. The van der Waals surface area contributed by atoms with Crippen LogP contribution >= 0.6 is 11.6 Å². The van der Waals surface area contributed by atoms with Gasteiger partial charge in [0.2, 0.25) is 5.76 Å². The smallest absolute Gasteiger partial charge is 0.290 e. The van der Waals surface area contributed by atoms with Crippen LogP contribution < -0.4 is 10.2 Å². The van der Waals surface area contributed by atoms with Crippen LogP contribution in [-0.2, 0) is 0 Å². The molecule has 4 rings (SSSR count). The van der Waals surface area contributed by atoms with E-state index >= 15 is 0 Å². The number of benzene rings is 2. The van der Waals surface area contributed by atoms with Crippen molar-refractivity contribution >= 4 is 28.5 Å². The molecule has 3 aromatic rings. The van der Waals surface area contributed by atoms with Crippen LogP contribution in [0.25, 0.3) is 11.0 Å². The van der Waals surface area contributed by atoms with Crippen molar-refractivity contribution in [1.82, 2.24) is 9.80 Å². The number of hydrogen-bond donors (Lipinski definition) is 0. The highest BCUT2D eigenvalue weighted by Crippen LogP contribution is 2.39. The van der Waals surface area contributed by atoms with Crippen LogP contribution in [0, 0.1) is 6.92 Å². The molecule has 1 aliphatic heterocycles. The summed E-state index contributed by atoms with van der Waals surface area (Å²) in [5.41, 5.74) is 2.13. The number of halogens is 1. The van der Waals surface area contributed by atoms with Crippen LogP contribution in [0.2, 0.25) is 5.02 Å². The summed E-state index contributed by atoms with van der Waals surface area (Å²) < 4.78 is 11.5. The first-order chi connectivity index (χ1) is 14.8. The lowest BCUT2D eigenvalue weighted by Gasteiger charge is -2.26. The maximum Gasteiger partial charge on any atom is 0.290 e. The van der Waals surface area contributed by atoms with Gasteiger partial charge in [0.05, 0.1) is 23.6 Å². The number of aryl methyl sites for hydroxylation is 1. The zero-order chi connectivity index (χ0) is 22.3. The van der Waals surface area contributed by atoms with Gasteiger partial charge >= 0.3 is 0 Å². The minimum absolute atomic E-state index is 0.108. The van der Waals surface area contributed by atoms with Gasteiger partial charge in [0.15, 0.2) is 5.43 Å². The summed E-state index contributed by atoms with van der Waals surface area (Å²) in [6.07, 6.45) is 0. The lowest BCUT2D eigenvalue weighted by Crippen LogP contribution is -2.35. The van der Waals surface area contributed by atoms with Crippen molar-refractivity contribution in [3.05, 3.63) is 74.1 Å². The fourth-order valence-electron chi connectivity index (χ4n) is 3.94. The van der Waals surface area contributed by atoms with Gasteiger partial charge in [0, 0.05) is 18.1 Å². The minimum atomic E-state index is -0.529. The summed E-state index contributed by atoms with van der Waals surface area (Å²) in [7, 11) is 3.89. The first-order valence-electron chi connectivity index (χ1n) is 10.3. The Bertz CT molecular complexity index is 1200. The second kappa shape index (κ2) is 8.36. The summed E-state index contributed by atoms with van der Waals surface area (Å²) in [5.74, 6) is 0.572. The molecular weight excluding hydrogens is 416 g/mol. The van der Waals surface area contributed by atoms with E-state index in [0.717, 1.165) is 16.9 Å². The number of likely N-dealkylation sites (N-methyl/N-ethyl adjacent to an activating group) is 1. The lowest BCUT2D eigenvalue weighted by atomic mass is 9.98. The second-order valence-corrected chi connectivity index (χ2v) is 8.39. The van der Waals surface area contributed by atoms with Crippen molar-refractivity contribution < 1.29 is 13.9 Å². The Kier molecular flexibility index (Phi) is 5.77. The third-order valence-corrected chi connectivity index (χ3v) is 5.95. The van der Waals surface area contributed by atoms with Crippen molar-refractivity contribution in [2.24, 2.45) is 0 Å². The fraction of sp³-hybridized carbons (Fsp3) is 0.333. The number of nitrogens with zero attached hydrogens (tertiary/aromatic N) is 2. The van der Waals surface area contributed by atoms with Crippen molar-refractivity contribution in [3.63, 3.8) is 0 Å². The van der Waals surface area contributed by atoms with Crippen molar-refractivity contribution in [3.8, 4) is 5.75 Å². The molecule has 1 unspecified atom stereocenters. The standard InChI is InChI=1S/C24H25ClN2O4/c1-5-30-16-8-6-15(7-9-16)21-20-22(28)17-13-18(25)14(2)12-19(17)31-23(20)24(29)27(21)11-10-26(3)4/h6-9,12-13,21H,5,10-11H2,1-4H3. The molecule has 1 atom stereocenters. The van der Waals surface area contributed by atoms with Gasteiger partial charge in [0.25, 0.3) is 5.91 Å². The number of carbonyl (C=O) groups is 1. The predicted octanol–water partition coefficient (Wildman–Crippen LogP) is 4.26. The van der Waals surface area contributed by atoms with E-state index in [1.807, 2.05) is 57.1 Å². The van der Waals surface area contributed by atoms with Gasteiger partial charge in [-0.25, -0.2) is 0 Å². The SMILES string of the molecule is CCOc1ccc(C2c3c(oc4cc(C)c(Cl)cc4c3=O)C(=O)N2CCN(C)C)cc1. The van der Waals surface area contributed by atoms with E-state index in [-0.39, 0.29) is 17.1 Å². The molecule has 6 nitrogen and oxygen atoms in total. The fourth-order valence-corrected chi connectivity index (χ4v) is 4.10. The van der Waals surface area contributed by atoms with Crippen LogP contribution in [0.5, 0.6) is 5.75 Å². The molecule has 1 amide bonds. The average molecular weight is 441 g/mol. The van der Waals surface area contributed by atoms with Crippen LogP contribution in [0.3, 0.4) is 0 Å². The van der Waals surface area contributed by atoms with Crippen molar-refractivity contribution in [1.29, 1.82) is 0 Å². The van der Waals surface area contributed by atoms with Gasteiger partial charge in [-0.05, 0) is 63.3 Å². The van der Waals surface area contributed by atoms with Crippen LogP contribution in [-0.4, -0.2) is 49.5 Å². The number of rotatable bonds is 6. The molecule has 2 heterocycles. The molecule has 0 saturated heterocycles. The van der Waals surface area contributed by atoms with E-state index in [0.29, 0.717) is 41.3 Å². The van der Waals surface area contributed by atoms with E-state index in [9.17, 15) is 9.59 Å². The highest BCUT2D eigenvalue weighted by atomic mass is 35.5. The maximum absolute atomic E-state index is 13.5. The molecule has 0 radical (unpaired) electrons. The molecule has 162 valence electrons. The molecule has 0 saturated carbocycles. The highest BCUT2D eigenvalue weighted by molar-refractivity contribution is 6.32. The Morgan fingerprint density at radius 1 is 1.16 bits per heavy atom. The Labute approximate surface area is 186 Å².